The van der Waals surface area contributed by atoms with Crippen molar-refractivity contribution < 1.29 is 4.57 Å². The van der Waals surface area contributed by atoms with Gasteiger partial charge in [0.15, 0.2) is 0 Å². The van der Waals surface area contributed by atoms with Crippen LogP contribution in [0.1, 0.15) is 18.1 Å². The van der Waals surface area contributed by atoms with E-state index < -0.39 is 5.85 Å². The van der Waals surface area contributed by atoms with Crippen molar-refractivity contribution in [3.8, 4) is 0 Å². The smallest absolute Gasteiger partial charge is 0.257 e. The third kappa shape index (κ3) is 4.17. The summed E-state index contributed by atoms with van der Waals surface area (Å²) in [5, 5.41) is 0. The second kappa shape index (κ2) is 4.50. The van der Waals surface area contributed by atoms with Gasteiger partial charge in [0.1, 0.15) is 0 Å². The number of hydrogen-bond acceptors (Lipinski definition) is 1. The lowest BCUT2D eigenvalue weighted by atomic mass is 10.1. The molecule has 1 aromatic rings. The molecular weight excluding hydrogens is 226 g/mol. The highest BCUT2D eigenvalue weighted by atomic mass is 35.9. The lowest BCUT2D eigenvalue weighted by Gasteiger charge is -2.03. The van der Waals surface area contributed by atoms with Crippen LogP contribution < -0.4 is 0 Å². The maximum atomic E-state index is 11.1. The summed E-state index contributed by atoms with van der Waals surface area (Å²) in [5.41, 5.74) is 2.15. The van der Waals surface area contributed by atoms with Crippen molar-refractivity contribution in [2.75, 3.05) is 0 Å². The number of benzene rings is 1. The van der Waals surface area contributed by atoms with Gasteiger partial charge in [-0.25, -0.2) is 0 Å². The van der Waals surface area contributed by atoms with Crippen LogP contribution >= 0.6 is 28.3 Å². The van der Waals surface area contributed by atoms with Crippen molar-refractivity contribution in [1.29, 1.82) is 0 Å². The molecule has 1 aromatic carbocycles. The molecule has 0 unspecified atom stereocenters. The second-order valence-electron chi connectivity index (χ2n) is 2.90. The number of aryl methyl sites for hydroxylation is 1. The second-order valence-corrected chi connectivity index (χ2v) is 8.15. The Morgan fingerprint density at radius 3 is 2.46 bits per heavy atom. The highest BCUT2D eigenvalue weighted by molar-refractivity contribution is 8.08. The van der Waals surface area contributed by atoms with Crippen molar-refractivity contribution >= 4 is 28.3 Å². The summed E-state index contributed by atoms with van der Waals surface area (Å²) in [6.07, 6.45) is 1.21. The number of halogens is 2. The third-order valence-corrected chi connectivity index (χ3v) is 3.22. The molecule has 0 aromatic heterocycles. The van der Waals surface area contributed by atoms with Crippen molar-refractivity contribution in [2.24, 2.45) is 0 Å². The van der Waals surface area contributed by atoms with E-state index in [0.29, 0.717) is 0 Å². The van der Waals surface area contributed by atoms with Gasteiger partial charge < -0.3 is 0 Å². The first-order valence-electron chi connectivity index (χ1n) is 4.07. The van der Waals surface area contributed by atoms with Gasteiger partial charge >= 0.3 is 0 Å². The highest BCUT2D eigenvalue weighted by Crippen LogP contribution is 2.59. The Balaban J connectivity index is 2.84. The summed E-state index contributed by atoms with van der Waals surface area (Å²) in [6, 6.07) is 7.82. The molecule has 0 atom stereocenters. The molecule has 0 aliphatic heterocycles. The fourth-order valence-corrected chi connectivity index (χ4v) is 2.61. The molecule has 4 heteroatoms. The summed E-state index contributed by atoms with van der Waals surface area (Å²) in [6.45, 7) is 2.07. The van der Waals surface area contributed by atoms with E-state index in [0.717, 1.165) is 12.0 Å². The minimum absolute atomic E-state index is 0.254. The molecule has 0 saturated heterocycles. The van der Waals surface area contributed by atoms with Crippen molar-refractivity contribution in [1.82, 2.24) is 0 Å². The van der Waals surface area contributed by atoms with Crippen molar-refractivity contribution in [2.45, 2.75) is 19.5 Å². The quantitative estimate of drug-likeness (QED) is 0.711. The molecular formula is C9H11Cl2OP. The molecule has 0 N–H and O–H groups in total. The summed E-state index contributed by atoms with van der Waals surface area (Å²) in [7, 11) is 0. The zero-order chi connectivity index (χ0) is 9.90. The normalized spacial score (nSPS) is 11.6. The largest absolute Gasteiger partial charge is 0.289 e. The monoisotopic (exact) mass is 236 g/mol. The zero-order valence-corrected chi connectivity index (χ0v) is 9.74. The Hall–Kier alpha value is 0.0300. The molecule has 0 aliphatic rings. The van der Waals surface area contributed by atoms with Crippen LogP contribution in [0, 0.1) is 0 Å². The predicted molar refractivity (Wildman–Crippen MR) is 58.8 cm³/mol. The van der Waals surface area contributed by atoms with Crippen LogP contribution in [0.3, 0.4) is 0 Å². The van der Waals surface area contributed by atoms with Gasteiger partial charge in [0.05, 0.1) is 6.16 Å². The molecule has 0 spiro atoms. The van der Waals surface area contributed by atoms with Gasteiger partial charge in [0, 0.05) is 0 Å². The Kier molecular flexibility index (Phi) is 3.85. The molecule has 13 heavy (non-hydrogen) atoms. The van der Waals surface area contributed by atoms with Gasteiger partial charge in [-0.2, -0.15) is 0 Å². The minimum Gasteiger partial charge on any atom is -0.289 e. The van der Waals surface area contributed by atoms with Crippen LogP contribution in [0.2, 0.25) is 0 Å². The molecule has 1 rings (SSSR count). The van der Waals surface area contributed by atoms with Crippen LogP contribution in [0.4, 0.5) is 0 Å². The van der Waals surface area contributed by atoms with Crippen LogP contribution in [0.15, 0.2) is 24.3 Å². The SMILES string of the molecule is CCc1cccc(CP(=O)(Cl)Cl)c1. The standard InChI is InChI=1S/C9H11Cl2OP/c1-2-8-4-3-5-9(6-8)7-13(10,11)12/h3-6H,2,7H2,1H3. The fraction of sp³-hybridized carbons (Fsp3) is 0.333. The summed E-state index contributed by atoms with van der Waals surface area (Å²) < 4.78 is 11.1. The Morgan fingerprint density at radius 1 is 1.31 bits per heavy atom. The van der Waals surface area contributed by atoms with Gasteiger partial charge in [-0.3, -0.25) is 4.57 Å². The summed E-state index contributed by atoms with van der Waals surface area (Å²) in [4.78, 5) is 0. The maximum absolute atomic E-state index is 11.1. The molecule has 0 fully saturated rings. The van der Waals surface area contributed by atoms with E-state index in [2.05, 4.69) is 6.92 Å². The molecule has 0 saturated carbocycles. The molecule has 1 nitrogen and oxygen atoms in total. The molecule has 0 amide bonds. The Bertz CT molecular complexity index is 332. The lowest BCUT2D eigenvalue weighted by molar-refractivity contribution is 0.592. The van der Waals surface area contributed by atoms with E-state index >= 15 is 0 Å². The van der Waals surface area contributed by atoms with E-state index in [9.17, 15) is 4.57 Å². The molecule has 0 heterocycles. The van der Waals surface area contributed by atoms with Crippen LogP contribution in [-0.4, -0.2) is 0 Å². The van der Waals surface area contributed by atoms with E-state index in [4.69, 9.17) is 22.5 Å². The van der Waals surface area contributed by atoms with E-state index in [1.54, 1.807) is 0 Å². The Morgan fingerprint density at radius 2 is 1.92 bits per heavy atom. The van der Waals surface area contributed by atoms with E-state index in [-0.39, 0.29) is 6.16 Å². The molecule has 72 valence electrons. The maximum Gasteiger partial charge on any atom is 0.257 e. The molecule has 0 radical (unpaired) electrons. The predicted octanol–water partition coefficient (Wildman–Crippen LogP) is 4.42. The fourth-order valence-electron chi connectivity index (χ4n) is 1.16. The first-order chi connectivity index (χ1) is 6.01. The van der Waals surface area contributed by atoms with Gasteiger partial charge in [0.25, 0.3) is 5.85 Å². The average Bonchev–Trinajstić information content (AvgIpc) is 2.01. The van der Waals surface area contributed by atoms with Crippen LogP contribution in [0.5, 0.6) is 0 Å². The zero-order valence-electron chi connectivity index (χ0n) is 7.34. The van der Waals surface area contributed by atoms with Gasteiger partial charge in [-0.1, -0.05) is 31.2 Å². The lowest BCUT2D eigenvalue weighted by Crippen LogP contribution is -1.84. The van der Waals surface area contributed by atoms with Crippen LogP contribution in [0.25, 0.3) is 0 Å². The third-order valence-electron chi connectivity index (χ3n) is 1.77. The first-order valence-corrected chi connectivity index (χ1v) is 7.77. The van der Waals surface area contributed by atoms with E-state index in [1.807, 2.05) is 24.3 Å². The van der Waals surface area contributed by atoms with Crippen molar-refractivity contribution in [3.63, 3.8) is 0 Å². The number of hydrogen-bond donors (Lipinski definition) is 0. The Labute approximate surface area is 88.0 Å². The summed E-state index contributed by atoms with van der Waals surface area (Å²) in [5.74, 6) is -2.97. The van der Waals surface area contributed by atoms with Crippen molar-refractivity contribution in [3.05, 3.63) is 35.4 Å². The molecule has 0 bridgehead atoms. The topological polar surface area (TPSA) is 17.1 Å². The minimum atomic E-state index is -2.97. The average molecular weight is 237 g/mol. The number of rotatable bonds is 3. The van der Waals surface area contributed by atoms with Crippen LogP contribution in [-0.2, 0) is 17.1 Å². The summed E-state index contributed by atoms with van der Waals surface area (Å²) >= 11 is 11.0. The van der Waals surface area contributed by atoms with Gasteiger partial charge in [-0.05, 0) is 40.0 Å². The van der Waals surface area contributed by atoms with Gasteiger partial charge in [-0.15, -0.1) is 0 Å². The first kappa shape index (κ1) is 11.1. The van der Waals surface area contributed by atoms with E-state index in [1.165, 1.54) is 5.56 Å². The highest BCUT2D eigenvalue weighted by Gasteiger charge is 2.14. The molecule has 0 aliphatic carbocycles. The van der Waals surface area contributed by atoms with Gasteiger partial charge in [0.2, 0.25) is 0 Å².